The van der Waals surface area contributed by atoms with Gasteiger partial charge >= 0.3 is 0 Å². The zero-order valence-corrected chi connectivity index (χ0v) is 14.5. The van der Waals surface area contributed by atoms with E-state index in [9.17, 15) is 0 Å². The summed E-state index contributed by atoms with van der Waals surface area (Å²) in [5.41, 5.74) is 3.72. The number of fused-ring (bicyclic) bond motifs is 1. The first kappa shape index (κ1) is 18.1. The molecule has 3 nitrogen and oxygen atoms in total. The molecule has 1 aliphatic heterocycles. The molecule has 0 saturated carbocycles. The predicted octanol–water partition coefficient (Wildman–Crippen LogP) is 4.37. The molecule has 21 heavy (non-hydrogen) atoms. The molecular weight excluding hydrogens is 325 g/mol. The van der Waals surface area contributed by atoms with Crippen molar-refractivity contribution >= 4 is 47.5 Å². The van der Waals surface area contributed by atoms with Crippen LogP contribution in [0, 0.1) is 0 Å². The van der Waals surface area contributed by atoms with Gasteiger partial charge in [-0.05, 0) is 25.0 Å². The highest BCUT2D eigenvalue weighted by Crippen LogP contribution is 2.29. The van der Waals surface area contributed by atoms with Crippen molar-refractivity contribution in [3.63, 3.8) is 0 Å². The predicted molar refractivity (Wildman–Crippen MR) is 96.6 cm³/mol. The van der Waals surface area contributed by atoms with Crippen LogP contribution in [-0.2, 0) is 13.0 Å². The number of halogens is 2. The highest BCUT2D eigenvalue weighted by atomic mass is 35.5. The summed E-state index contributed by atoms with van der Waals surface area (Å²) in [4.78, 5) is 7.14. The van der Waals surface area contributed by atoms with Crippen molar-refractivity contribution in [2.45, 2.75) is 26.3 Å². The second-order valence-corrected chi connectivity index (χ2v) is 5.79. The summed E-state index contributed by atoms with van der Waals surface area (Å²) >= 11 is 1.79. The molecule has 0 spiro atoms. The van der Waals surface area contributed by atoms with Crippen LogP contribution in [-0.4, -0.2) is 18.1 Å². The van der Waals surface area contributed by atoms with Crippen molar-refractivity contribution in [3.8, 4) is 0 Å². The fourth-order valence-electron chi connectivity index (χ4n) is 2.45. The van der Waals surface area contributed by atoms with Gasteiger partial charge in [0.1, 0.15) is 0 Å². The number of thiazole rings is 1. The third-order valence-corrected chi connectivity index (χ3v) is 4.32. The first-order valence-electron chi connectivity index (χ1n) is 6.88. The van der Waals surface area contributed by atoms with Crippen LogP contribution in [0.1, 0.15) is 24.0 Å². The number of aryl methyl sites for hydroxylation is 1. The van der Waals surface area contributed by atoms with Gasteiger partial charge in [-0.3, -0.25) is 0 Å². The number of hydrogen-bond donors (Lipinski definition) is 1. The minimum absolute atomic E-state index is 0. The Morgan fingerprint density at radius 3 is 2.90 bits per heavy atom. The highest BCUT2D eigenvalue weighted by molar-refractivity contribution is 7.09. The lowest BCUT2D eigenvalue weighted by Gasteiger charge is -2.31. The average molecular weight is 346 g/mol. The average Bonchev–Trinajstić information content (AvgIpc) is 2.87. The number of para-hydroxylation sites is 2. The first-order valence-corrected chi connectivity index (χ1v) is 7.76. The van der Waals surface area contributed by atoms with Gasteiger partial charge in [0.15, 0.2) is 0 Å². The largest absolute Gasteiger partial charge is 0.382 e. The summed E-state index contributed by atoms with van der Waals surface area (Å²) < 4.78 is 0. The summed E-state index contributed by atoms with van der Waals surface area (Å²) in [6.07, 6.45) is 2.27. The monoisotopic (exact) mass is 345 g/mol. The van der Waals surface area contributed by atoms with E-state index in [0.29, 0.717) is 0 Å². The van der Waals surface area contributed by atoms with Crippen LogP contribution in [0.3, 0.4) is 0 Å². The number of hydrogen-bond acceptors (Lipinski definition) is 4. The Hall–Kier alpha value is -0.970. The van der Waals surface area contributed by atoms with Crippen molar-refractivity contribution in [1.29, 1.82) is 0 Å². The Morgan fingerprint density at radius 2 is 2.10 bits per heavy atom. The second-order valence-electron chi connectivity index (χ2n) is 4.85. The van der Waals surface area contributed by atoms with E-state index in [2.05, 4.69) is 46.8 Å². The molecular formula is C15H21Cl2N3S. The minimum atomic E-state index is 0. The molecule has 0 unspecified atom stereocenters. The maximum Gasteiger partial charge on any atom is 0.0928 e. The van der Waals surface area contributed by atoms with E-state index in [1.54, 1.807) is 11.3 Å². The van der Waals surface area contributed by atoms with Crippen LogP contribution in [0.2, 0.25) is 0 Å². The standard InChI is InChI=1S/C15H19N3S.2ClH/c1-2-5-15-17-12(11-19-15)10-18-9-8-16-13-6-3-4-7-14(13)18;;/h3-4,6-7,11,16H,2,5,8-10H2,1H3;2*1H. The molecule has 6 heteroatoms. The van der Waals surface area contributed by atoms with Gasteiger partial charge in [-0.25, -0.2) is 4.98 Å². The molecule has 2 heterocycles. The van der Waals surface area contributed by atoms with E-state index < -0.39 is 0 Å². The molecule has 0 radical (unpaired) electrons. The Kier molecular flexibility index (Phi) is 7.29. The third kappa shape index (κ3) is 4.25. The van der Waals surface area contributed by atoms with Gasteiger partial charge in [-0.1, -0.05) is 19.1 Å². The Balaban J connectivity index is 0.00000110. The van der Waals surface area contributed by atoms with Crippen molar-refractivity contribution < 1.29 is 0 Å². The third-order valence-electron chi connectivity index (χ3n) is 3.36. The molecule has 116 valence electrons. The van der Waals surface area contributed by atoms with Gasteiger partial charge in [0.25, 0.3) is 0 Å². The second kappa shape index (κ2) is 8.47. The fourth-order valence-corrected chi connectivity index (χ4v) is 3.35. The Bertz CT molecular complexity index is 559. The van der Waals surface area contributed by atoms with Crippen LogP contribution in [0.5, 0.6) is 0 Å². The van der Waals surface area contributed by atoms with Crippen molar-refractivity contribution in [3.05, 3.63) is 40.3 Å². The molecule has 0 fully saturated rings. The summed E-state index contributed by atoms with van der Waals surface area (Å²) in [6, 6.07) is 8.51. The molecule has 0 aliphatic carbocycles. The van der Waals surface area contributed by atoms with Gasteiger partial charge in [-0.2, -0.15) is 0 Å². The first-order chi connectivity index (χ1) is 9.36. The lowest BCUT2D eigenvalue weighted by atomic mass is 10.2. The summed E-state index contributed by atoms with van der Waals surface area (Å²) in [7, 11) is 0. The quantitative estimate of drug-likeness (QED) is 0.891. The minimum Gasteiger partial charge on any atom is -0.382 e. The van der Waals surface area contributed by atoms with Crippen LogP contribution < -0.4 is 10.2 Å². The number of rotatable bonds is 4. The Labute approximate surface area is 142 Å². The smallest absolute Gasteiger partial charge is 0.0928 e. The summed E-state index contributed by atoms with van der Waals surface area (Å²) in [5, 5.41) is 6.91. The maximum absolute atomic E-state index is 4.72. The van der Waals surface area contributed by atoms with Crippen LogP contribution in [0.4, 0.5) is 11.4 Å². The summed E-state index contributed by atoms with van der Waals surface area (Å²) in [5.74, 6) is 0. The van der Waals surface area contributed by atoms with E-state index >= 15 is 0 Å². The molecule has 0 saturated heterocycles. The SMILES string of the molecule is CCCc1nc(CN2CCNc3ccccc32)cs1.Cl.Cl. The van der Waals surface area contributed by atoms with Gasteiger partial charge in [0.2, 0.25) is 0 Å². The number of benzene rings is 1. The topological polar surface area (TPSA) is 28.2 Å². The van der Waals surface area contributed by atoms with E-state index in [1.807, 2.05) is 0 Å². The molecule has 0 atom stereocenters. The summed E-state index contributed by atoms with van der Waals surface area (Å²) in [6.45, 7) is 5.16. The van der Waals surface area contributed by atoms with Crippen molar-refractivity contribution in [2.75, 3.05) is 23.3 Å². The molecule has 1 aliphatic rings. The molecule has 1 N–H and O–H groups in total. The van der Waals surface area contributed by atoms with Gasteiger partial charge in [0, 0.05) is 18.5 Å². The van der Waals surface area contributed by atoms with Crippen LogP contribution >= 0.6 is 36.2 Å². The van der Waals surface area contributed by atoms with Crippen molar-refractivity contribution in [2.24, 2.45) is 0 Å². The van der Waals surface area contributed by atoms with Crippen LogP contribution in [0.15, 0.2) is 29.6 Å². The van der Waals surface area contributed by atoms with E-state index in [1.165, 1.54) is 28.5 Å². The van der Waals surface area contributed by atoms with E-state index in [4.69, 9.17) is 4.98 Å². The number of nitrogens with one attached hydrogen (secondary N) is 1. The molecule has 1 aromatic heterocycles. The van der Waals surface area contributed by atoms with Crippen molar-refractivity contribution in [1.82, 2.24) is 4.98 Å². The Morgan fingerprint density at radius 1 is 1.29 bits per heavy atom. The van der Waals surface area contributed by atoms with Gasteiger partial charge in [0.05, 0.1) is 28.6 Å². The zero-order chi connectivity index (χ0) is 13.1. The lowest BCUT2D eigenvalue weighted by Crippen LogP contribution is -2.33. The highest BCUT2D eigenvalue weighted by Gasteiger charge is 2.16. The van der Waals surface area contributed by atoms with Gasteiger partial charge < -0.3 is 10.2 Å². The molecule has 3 rings (SSSR count). The normalized spacial score (nSPS) is 12.7. The molecule has 2 aromatic rings. The van der Waals surface area contributed by atoms with Crippen LogP contribution in [0.25, 0.3) is 0 Å². The van der Waals surface area contributed by atoms with E-state index in [-0.39, 0.29) is 24.8 Å². The molecule has 0 amide bonds. The zero-order valence-electron chi connectivity index (χ0n) is 12.0. The van der Waals surface area contributed by atoms with E-state index in [0.717, 1.165) is 26.1 Å². The fraction of sp³-hybridized carbons (Fsp3) is 0.400. The number of nitrogens with zero attached hydrogens (tertiary/aromatic N) is 2. The number of aromatic nitrogens is 1. The van der Waals surface area contributed by atoms with Gasteiger partial charge in [-0.15, -0.1) is 36.2 Å². The molecule has 0 bridgehead atoms. The molecule has 1 aromatic carbocycles. The number of anilines is 2. The maximum atomic E-state index is 4.72. The lowest BCUT2D eigenvalue weighted by molar-refractivity contribution is 0.770.